The average Bonchev–Trinajstić information content (AvgIpc) is 3.22. The number of aryl methyl sites for hydroxylation is 2. The van der Waals surface area contributed by atoms with Gasteiger partial charge < -0.3 is 14.1 Å². The quantitative estimate of drug-likeness (QED) is 0.282. The number of carbonyl (C=O) groups excluding carboxylic acids is 3. The minimum atomic E-state index is -2.09. The molecule has 1 saturated heterocycles. The maximum Gasteiger partial charge on any atom is 0.226 e. The van der Waals surface area contributed by atoms with Crippen molar-refractivity contribution in [2.24, 2.45) is 0 Å². The zero-order chi connectivity index (χ0) is 27.2. The van der Waals surface area contributed by atoms with Gasteiger partial charge >= 0.3 is 0 Å². The minimum absolute atomic E-state index is 0.00430. The average molecular weight is 524 g/mol. The molecule has 7 heteroatoms. The van der Waals surface area contributed by atoms with Crippen LogP contribution in [-0.2, 0) is 26.9 Å². The Morgan fingerprint density at radius 2 is 1.59 bits per heavy atom. The van der Waals surface area contributed by atoms with Crippen molar-refractivity contribution >= 4 is 25.8 Å². The number of amides is 1. The zero-order valence-corrected chi connectivity index (χ0v) is 24.1. The molecule has 1 aliphatic rings. The van der Waals surface area contributed by atoms with Crippen molar-refractivity contribution in [1.82, 2.24) is 4.90 Å². The van der Waals surface area contributed by atoms with Gasteiger partial charge in [-0.2, -0.15) is 0 Å². The van der Waals surface area contributed by atoms with Crippen LogP contribution in [0.1, 0.15) is 62.0 Å². The van der Waals surface area contributed by atoms with Crippen molar-refractivity contribution in [2.75, 3.05) is 19.7 Å². The first-order valence-corrected chi connectivity index (χ1v) is 16.1. The lowest BCUT2D eigenvalue weighted by Gasteiger charge is -2.37. The Balaban J connectivity index is 1.41. The van der Waals surface area contributed by atoms with Crippen molar-refractivity contribution in [1.29, 1.82) is 0 Å². The van der Waals surface area contributed by atoms with Crippen LogP contribution in [-0.4, -0.2) is 56.5 Å². The largest absolute Gasteiger partial charge is 0.493 e. The van der Waals surface area contributed by atoms with Gasteiger partial charge in [0, 0.05) is 12.0 Å². The smallest absolute Gasteiger partial charge is 0.226 e. The van der Waals surface area contributed by atoms with Crippen LogP contribution < -0.4 is 4.74 Å². The third-order valence-electron chi connectivity index (χ3n) is 7.52. The number of rotatable bonds is 11. The van der Waals surface area contributed by atoms with Crippen molar-refractivity contribution in [3.05, 3.63) is 65.2 Å². The molecule has 0 saturated carbocycles. The van der Waals surface area contributed by atoms with E-state index in [4.69, 9.17) is 9.16 Å². The molecule has 0 radical (unpaired) electrons. The van der Waals surface area contributed by atoms with E-state index in [1.54, 1.807) is 4.90 Å². The summed E-state index contributed by atoms with van der Waals surface area (Å²) >= 11 is 0. The summed E-state index contributed by atoms with van der Waals surface area (Å²) in [5.41, 5.74) is 3.03. The molecule has 0 unspecified atom stereocenters. The second-order valence-corrected chi connectivity index (χ2v) is 16.1. The minimum Gasteiger partial charge on any atom is -0.493 e. The molecule has 0 spiro atoms. The van der Waals surface area contributed by atoms with E-state index in [9.17, 15) is 14.4 Å². The molecule has 0 bridgehead atoms. The summed E-state index contributed by atoms with van der Waals surface area (Å²) in [5, 5.41) is 0.00430. The van der Waals surface area contributed by atoms with Gasteiger partial charge in [0.1, 0.15) is 11.9 Å². The van der Waals surface area contributed by atoms with Crippen molar-refractivity contribution in [2.45, 2.75) is 77.6 Å². The first kappa shape index (κ1) is 28.8. The molecular weight excluding hydrogens is 482 g/mol. The molecule has 1 atom stereocenters. The molecule has 0 aliphatic carbocycles. The SMILES string of the molecule is CCc1ccc(C(=O)CCc2ccc(OCCC(=O)N3CC(=O)[C@@H](O[Si](C)(C)C(C)(C)C)C3)cc2)cc1. The molecule has 1 heterocycles. The molecule has 2 aromatic rings. The van der Waals surface area contributed by atoms with E-state index in [2.05, 4.69) is 40.8 Å². The van der Waals surface area contributed by atoms with Crippen LogP contribution >= 0.6 is 0 Å². The number of ether oxygens (including phenoxy) is 1. The summed E-state index contributed by atoms with van der Waals surface area (Å²) in [6.07, 6.45) is 1.75. The number of Topliss-reactive ketones (excluding diaryl/α,β-unsaturated/α-hetero) is 2. The van der Waals surface area contributed by atoms with Gasteiger partial charge in [0.25, 0.3) is 0 Å². The number of hydrogen-bond donors (Lipinski definition) is 0. The molecule has 1 fully saturated rings. The van der Waals surface area contributed by atoms with E-state index < -0.39 is 14.4 Å². The standard InChI is InChI=1S/C30H41NO5Si/c1-7-22-8-13-24(14-9-22)26(32)17-12-23-10-15-25(16-11-23)35-19-18-29(34)31-20-27(33)28(21-31)36-37(5,6)30(2,3)4/h8-11,13-16,28H,7,12,17-21H2,1-6H3/t28-/m0/s1. The van der Waals surface area contributed by atoms with Crippen LogP contribution in [0.2, 0.25) is 18.1 Å². The van der Waals surface area contributed by atoms with Crippen molar-refractivity contribution < 1.29 is 23.5 Å². The summed E-state index contributed by atoms with van der Waals surface area (Å²) in [6, 6.07) is 15.4. The molecule has 1 aliphatic heterocycles. The lowest BCUT2D eigenvalue weighted by molar-refractivity contribution is -0.132. The summed E-state index contributed by atoms with van der Waals surface area (Å²) in [7, 11) is -2.09. The van der Waals surface area contributed by atoms with Crippen LogP contribution in [0.25, 0.3) is 0 Å². The highest BCUT2D eigenvalue weighted by atomic mass is 28.4. The fourth-order valence-electron chi connectivity index (χ4n) is 3.98. The van der Waals surface area contributed by atoms with Crippen LogP contribution in [0.3, 0.4) is 0 Å². The lowest BCUT2D eigenvalue weighted by atomic mass is 10.0. The van der Waals surface area contributed by atoms with Gasteiger partial charge in [-0.25, -0.2) is 0 Å². The number of likely N-dealkylation sites (tertiary alicyclic amines) is 1. The Labute approximate surface area is 222 Å². The van der Waals surface area contributed by atoms with E-state index in [0.717, 1.165) is 17.5 Å². The summed E-state index contributed by atoms with van der Waals surface area (Å²) in [4.78, 5) is 39.2. The van der Waals surface area contributed by atoms with Gasteiger partial charge in [0.2, 0.25) is 5.91 Å². The predicted octanol–water partition coefficient (Wildman–Crippen LogP) is 5.64. The number of ketones is 2. The highest BCUT2D eigenvalue weighted by Crippen LogP contribution is 2.38. The Kier molecular flexibility index (Phi) is 9.48. The van der Waals surface area contributed by atoms with Gasteiger partial charge in [0.15, 0.2) is 19.9 Å². The van der Waals surface area contributed by atoms with Crippen molar-refractivity contribution in [3.8, 4) is 5.75 Å². The fraction of sp³-hybridized carbons (Fsp3) is 0.500. The van der Waals surface area contributed by atoms with Crippen LogP contribution in [0.15, 0.2) is 48.5 Å². The molecule has 0 N–H and O–H groups in total. The van der Waals surface area contributed by atoms with Crippen LogP contribution in [0.5, 0.6) is 5.75 Å². The summed E-state index contributed by atoms with van der Waals surface area (Å²) in [5.74, 6) is 0.691. The third kappa shape index (κ3) is 7.85. The van der Waals surface area contributed by atoms with Crippen LogP contribution in [0, 0.1) is 0 Å². The Morgan fingerprint density at radius 1 is 0.973 bits per heavy atom. The van der Waals surface area contributed by atoms with E-state index >= 15 is 0 Å². The van der Waals surface area contributed by atoms with Gasteiger partial charge in [0.05, 0.1) is 26.1 Å². The maximum absolute atomic E-state index is 12.7. The molecule has 0 aromatic heterocycles. The van der Waals surface area contributed by atoms with E-state index in [0.29, 0.717) is 25.1 Å². The Morgan fingerprint density at radius 3 is 2.19 bits per heavy atom. The van der Waals surface area contributed by atoms with Crippen molar-refractivity contribution in [3.63, 3.8) is 0 Å². The molecular formula is C30H41NO5Si. The fourth-order valence-corrected chi connectivity index (χ4v) is 5.25. The Bertz CT molecular complexity index is 1090. The monoisotopic (exact) mass is 523 g/mol. The second-order valence-electron chi connectivity index (χ2n) is 11.3. The molecule has 1 amide bonds. The first-order chi connectivity index (χ1) is 17.4. The van der Waals surface area contributed by atoms with Gasteiger partial charge in [-0.05, 0) is 54.2 Å². The van der Waals surface area contributed by atoms with Gasteiger partial charge in [-0.1, -0.05) is 64.1 Å². The zero-order valence-electron chi connectivity index (χ0n) is 23.1. The summed E-state index contributed by atoms with van der Waals surface area (Å²) in [6.45, 7) is 13.4. The molecule has 2 aromatic carbocycles. The molecule has 200 valence electrons. The number of carbonyl (C=O) groups is 3. The topological polar surface area (TPSA) is 72.9 Å². The molecule has 6 nitrogen and oxygen atoms in total. The molecule has 37 heavy (non-hydrogen) atoms. The number of hydrogen-bond acceptors (Lipinski definition) is 5. The van der Waals surface area contributed by atoms with E-state index in [-0.39, 0.29) is 42.1 Å². The van der Waals surface area contributed by atoms with Gasteiger partial charge in [-0.15, -0.1) is 0 Å². The normalized spacial score (nSPS) is 16.2. The molecule has 3 rings (SSSR count). The van der Waals surface area contributed by atoms with Gasteiger partial charge in [-0.3, -0.25) is 14.4 Å². The first-order valence-electron chi connectivity index (χ1n) is 13.2. The highest BCUT2D eigenvalue weighted by Gasteiger charge is 2.43. The summed E-state index contributed by atoms with van der Waals surface area (Å²) < 4.78 is 12.0. The van der Waals surface area contributed by atoms with Crippen LogP contribution in [0.4, 0.5) is 0 Å². The Hall–Kier alpha value is -2.77. The van der Waals surface area contributed by atoms with E-state index in [1.165, 1.54) is 5.56 Å². The van der Waals surface area contributed by atoms with E-state index in [1.807, 2.05) is 48.5 Å². The number of nitrogens with zero attached hydrogens (tertiary/aromatic N) is 1. The lowest BCUT2D eigenvalue weighted by Crippen LogP contribution is -2.46. The second kappa shape index (κ2) is 12.2. The third-order valence-corrected chi connectivity index (χ3v) is 12.0. The number of benzene rings is 2. The maximum atomic E-state index is 12.7. The highest BCUT2D eigenvalue weighted by molar-refractivity contribution is 6.74. The predicted molar refractivity (Wildman–Crippen MR) is 149 cm³/mol.